The van der Waals surface area contributed by atoms with E-state index in [1.54, 1.807) is 0 Å². The van der Waals surface area contributed by atoms with Crippen LogP contribution in [0.4, 0.5) is 5.69 Å². The van der Waals surface area contributed by atoms with E-state index in [1.165, 1.54) is 111 Å². The van der Waals surface area contributed by atoms with Gasteiger partial charge in [-0.15, -0.1) is 0 Å². The number of likely N-dealkylation sites (N-methyl/N-ethyl adjacent to an activating group) is 1. The molecule has 0 aromatic heterocycles. The highest BCUT2D eigenvalue weighted by atomic mass is 15.1. The van der Waals surface area contributed by atoms with E-state index in [4.69, 9.17) is 0 Å². The number of fused-ring (bicyclic) bond motifs is 5. The fourth-order valence-corrected chi connectivity index (χ4v) is 11.6. The van der Waals surface area contributed by atoms with Crippen LogP contribution < -0.4 is 15.3 Å². The van der Waals surface area contributed by atoms with Crippen LogP contribution >= 0.6 is 0 Å². The minimum absolute atomic E-state index is 0. The summed E-state index contributed by atoms with van der Waals surface area (Å²) in [7, 11) is 2.27. The maximum atomic E-state index is 2.71. The molecule has 1 aliphatic heterocycles. The van der Waals surface area contributed by atoms with Crippen molar-refractivity contribution in [2.45, 2.75) is 108 Å². The molecule has 1 heterocycles. The summed E-state index contributed by atoms with van der Waals surface area (Å²) in [5.41, 5.74) is 24.5. The molecule has 0 saturated heterocycles. The Hall–Kier alpha value is -6.70. The molecule has 0 amide bonds. The van der Waals surface area contributed by atoms with Crippen molar-refractivity contribution in [1.82, 2.24) is 0 Å². The molecule has 0 N–H and O–H groups in total. The molecule has 0 saturated carbocycles. The average Bonchev–Trinajstić information content (AvgIpc) is 3.76. The Morgan fingerprint density at radius 3 is 2.15 bits per heavy atom. The van der Waals surface area contributed by atoms with Crippen molar-refractivity contribution in [2.24, 2.45) is 11.8 Å². The van der Waals surface area contributed by atoms with E-state index >= 15 is 0 Å². The zero-order valence-electron chi connectivity index (χ0n) is 43.7. The second-order valence-electron chi connectivity index (χ2n) is 19.1. The van der Waals surface area contributed by atoms with Gasteiger partial charge in [0, 0.05) is 37.0 Å². The smallest absolute Gasteiger partial charge is 0.0482 e. The Balaban J connectivity index is 0.00000244. The zero-order chi connectivity index (χ0) is 49.3. The Labute approximate surface area is 428 Å². The Morgan fingerprint density at radius 2 is 1.46 bits per heavy atom. The van der Waals surface area contributed by atoms with E-state index in [0.29, 0.717) is 5.92 Å². The van der Waals surface area contributed by atoms with Crippen LogP contribution in [0.2, 0.25) is 0 Å². The van der Waals surface area contributed by atoms with Crippen molar-refractivity contribution in [1.29, 1.82) is 0 Å². The van der Waals surface area contributed by atoms with E-state index in [0.717, 1.165) is 38.6 Å². The maximum absolute atomic E-state index is 2.71. The van der Waals surface area contributed by atoms with Crippen LogP contribution in [-0.2, 0) is 6.42 Å². The molecule has 1 heteroatoms. The van der Waals surface area contributed by atoms with E-state index in [9.17, 15) is 0 Å². The quantitative estimate of drug-likeness (QED) is 0.0890. The van der Waals surface area contributed by atoms with Gasteiger partial charge in [0.25, 0.3) is 0 Å². The van der Waals surface area contributed by atoms with Crippen LogP contribution in [0.3, 0.4) is 0 Å². The van der Waals surface area contributed by atoms with Crippen molar-refractivity contribution in [2.75, 3.05) is 18.5 Å². The van der Waals surface area contributed by atoms with Gasteiger partial charge in [-0.2, -0.15) is 0 Å². The van der Waals surface area contributed by atoms with Crippen molar-refractivity contribution in [3.8, 4) is 0 Å². The Kier molecular flexibility index (Phi) is 17.6. The normalized spacial score (nSPS) is 18.1. The second-order valence-corrected chi connectivity index (χ2v) is 19.1. The Morgan fingerprint density at radius 1 is 0.775 bits per heavy atom. The number of anilines is 1. The van der Waals surface area contributed by atoms with Crippen LogP contribution in [0, 0.1) is 18.8 Å². The number of allylic oxidation sites excluding steroid dienone is 13. The predicted octanol–water partition coefficient (Wildman–Crippen LogP) is 17.7. The largest absolute Gasteiger partial charge is 0.370 e. The molecule has 3 unspecified atom stereocenters. The minimum Gasteiger partial charge on any atom is -0.370 e. The van der Waals surface area contributed by atoms with Crippen molar-refractivity contribution in [3.63, 3.8) is 0 Å². The number of benzene rings is 5. The summed E-state index contributed by atoms with van der Waals surface area (Å²) in [5, 5.41) is 2.64. The summed E-state index contributed by atoms with van der Waals surface area (Å²) < 4.78 is 0. The summed E-state index contributed by atoms with van der Waals surface area (Å²) in [5.74, 6) is 0.510. The molecule has 0 spiro atoms. The molecular weight excluding hydrogens is 855 g/mol. The van der Waals surface area contributed by atoms with Crippen molar-refractivity contribution >= 4 is 52.3 Å². The van der Waals surface area contributed by atoms with Crippen LogP contribution in [0.25, 0.3) is 46.6 Å². The van der Waals surface area contributed by atoms with E-state index in [1.807, 2.05) is 13.8 Å². The lowest BCUT2D eigenvalue weighted by atomic mass is 9.71. The minimum atomic E-state index is 0. The van der Waals surface area contributed by atoms with Crippen LogP contribution in [0.1, 0.15) is 156 Å². The summed E-state index contributed by atoms with van der Waals surface area (Å²) in [6.07, 6.45) is 38.0. The van der Waals surface area contributed by atoms with Crippen molar-refractivity contribution in [3.05, 3.63) is 241 Å². The van der Waals surface area contributed by atoms with Gasteiger partial charge in [-0.25, -0.2) is 0 Å². The first-order valence-corrected chi connectivity index (χ1v) is 26.4. The third kappa shape index (κ3) is 10.4. The van der Waals surface area contributed by atoms with Gasteiger partial charge in [-0.3, -0.25) is 0 Å². The summed E-state index contributed by atoms with van der Waals surface area (Å²) in [6.45, 7) is 21.3. The lowest BCUT2D eigenvalue weighted by Gasteiger charge is -2.34. The SMILES string of the molecule is C.CC.CC/C=C/C=C\c1cc(C2=c3ccccc3=C(c3cc4c(c5c3C=CC=C(CC)C5)N(C)CC=C4)/C(=C/C(CC)/C(=C(\C)c3ccccc3)c3ccccc3)C2C)c2c(c1C)C(CC)C=CC=C2. The molecule has 0 fully saturated rings. The highest BCUT2D eigenvalue weighted by Gasteiger charge is 2.33. The topological polar surface area (TPSA) is 3.24 Å². The number of hydrogen-bond donors (Lipinski definition) is 0. The van der Waals surface area contributed by atoms with Gasteiger partial charge in [0.2, 0.25) is 0 Å². The standard InChI is InChI=1S/C67H69N.C2H6.CH4/c1-9-13-14-17-34-53-43-61(58-38-23-22-29-49(11-3)64(58)46(53)6)65-47(7)59(42-50(12-4)63(52-32-20-16-21-33-52)45(5)51-30-18-15-19-31-51)66(57-37-25-24-36-56(57)65)60-44-54-35-27-40-68(8)67(54)62-41-48(10-2)28-26-39-55(60)62;1-2;/h13-39,42-44,47,49-50H,9-12,40-41H2,1-8H3;1-2H3;1H4/b14-13+,34-17-,59-42+,63-45-;;. The first-order chi connectivity index (χ1) is 34.3. The molecule has 4 aliphatic rings. The third-order valence-electron chi connectivity index (χ3n) is 15.1. The van der Waals surface area contributed by atoms with Gasteiger partial charge in [0.15, 0.2) is 0 Å². The molecule has 5 aromatic rings. The molecule has 0 bridgehead atoms. The monoisotopic (exact) mass is 934 g/mol. The van der Waals surface area contributed by atoms with Crippen LogP contribution in [0.15, 0.2) is 169 Å². The molecule has 0 radical (unpaired) electrons. The van der Waals surface area contributed by atoms with E-state index in [2.05, 4.69) is 243 Å². The lowest BCUT2D eigenvalue weighted by molar-refractivity contribution is 0.770. The van der Waals surface area contributed by atoms with Gasteiger partial charge >= 0.3 is 0 Å². The van der Waals surface area contributed by atoms with Gasteiger partial charge < -0.3 is 4.90 Å². The second kappa shape index (κ2) is 23.9. The molecule has 1 nitrogen and oxygen atoms in total. The van der Waals surface area contributed by atoms with Gasteiger partial charge in [-0.05, 0) is 158 Å². The summed E-state index contributed by atoms with van der Waals surface area (Å²) in [6, 6.07) is 36.7. The molecule has 364 valence electrons. The Bertz CT molecular complexity index is 3130. The molecule has 3 atom stereocenters. The average molecular weight is 934 g/mol. The highest BCUT2D eigenvalue weighted by molar-refractivity contribution is 5.97. The first-order valence-electron chi connectivity index (χ1n) is 26.4. The van der Waals surface area contributed by atoms with E-state index in [-0.39, 0.29) is 19.3 Å². The lowest BCUT2D eigenvalue weighted by Crippen LogP contribution is -2.37. The van der Waals surface area contributed by atoms with Crippen molar-refractivity contribution < 1.29 is 0 Å². The molecule has 5 aromatic carbocycles. The maximum Gasteiger partial charge on any atom is 0.0482 e. The van der Waals surface area contributed by atoms with E-state index < -0.39 is 0 Å². The number of nitrogens with zero attached hydrogens (tertiary/aromatic N) is 1. The number of rotatable bonds is 12. The van der Waals surface area contributed by atoms with Gasteiger partial charge in [0.1, 0.15) is 0 Å². The highest BCUT2D eigenvalue weighted by Crippen LogP contribution is 2.47. The van der Waals surface area contributed by atoms with Gasteiger partial charge in [0.05, 0.1) is 0 Å². The third-order valence-corrected chi connectivity index (χ3v) is 15.1. The summed E-state index contributed by atoms with van der Waals surface area (Å²) >= 11 is 0. The zero-order valence-corrected chi connectivity index (χ0v) is 43.7. The fraction of sp³-hybridized carbons (Fsp3) is 0.286. The molecule has 3 aliphatic carbocycles. The van der Waals surface area contributed by atoms with Crippen LogP contribution in [-0.4, -0.2) is 13.6 Å². The van der Waals surface area contributed by atoms with Crippen LogP contribution in [0.5, 0.6) is 0 Å². The number of hydrogen-bond acceptors (Lipinski definition) is 1. The fourth-order valence-electron chi connectivity index (χ4n) is 11.6. The summed E-state index contributed by atoms with van der Waals surface area (Å²) in [4.78, 5) is 2.46. The first kappa shape index (κ1) is 52.1. The molecule has 9 rings (SSSR count). The molecular formula is C70H79N. The predicted molar refractivity (Wildman–Crippen MR) is 316 cm³/mol. The van der Waals surface area contributed by atoms with Gasteiger partial charge in [-0.1, -0.05) is 231 Å². The molecule has 71 heavy (non-hydrogen) atoms.